The van der Waals surface area contributed by atoms with Crippen LogP contribution in [0.25, 0.3) is 0 Å². The van der Waals surface area contributed by atoms with E-state index in [1.807, 2.05) is 11.6 Å². The number of hydrogen-bond donors (Lipinski definition) is 6. The second kappa shape index (κ2) is 16.7. The van der Waals surface area contributed by atoms with Gasteiger partial charge in [-0.25, -0.2) is 18.0 Å². The number of halogens is 6. The summed E-state index contributed by atoms with van der Waals surface area (Å²) in [6, 6.07) is 7.98. The number of ether oxygens (including phenoxy) is 1. The Labute approximate surface area is 273 Å². The molecule has 2 aromatic rings. The van der Waals surface area contributed by atoms with Crippen molar-refractivity contribution in [3.8, 4) is 5.75 Å². The first-order valence-electron chi connectivity index (χ1n) is 13.5. The third kappa shape index (κ3) is 13.1. The van der Waals surface area contributed by atoms with Gasteiger partial charge in [-0.15, -0.1) is 24.9 Å². The summed E-state index contributed by atoms with van der Waals surface area (Å²) in [7, 11) is -3.68. The maximum atomic E-state index is 13.1. The number of carbonyl (C=O) groups is 4. The van der Waals surface area contributed by atoms with Gasteiger partial charge in [0.25, 0.3) is 5.91 Å². The van der Waals surface area contributed by atoms with Gasteiger partial charge in [-0.1, -0.05) is 0 Å². The molecule has 0 heterocycles. The normalized spacial score (nSPS) is 18.0. The van der Waals surface area contributed by atoms with Crippen LogP contribution in [0.15, 0.2) is 52.3 Å². The number of hydrogen-bond acceptors (Lipinski definition) is 9. The Kier molecular flexibility index (Phi) is 13.9. The van der Waals surface area contributed by atoms with E-state index >= 15 is 0 Å². The molecule has 1 saturated carbocycles. The number of carboxylic acid groups (broad SMARTS) is 2. The fourth-order valence-electron chi connectivity index (χ4n) is 4.45. The van der Waals surface area contributed by atoms with E-state index in [4.69, 9.17) is 20.7 Å². The Morgan fingerprint density at radius 2 is 1.60 bits per heavy atom. The van der Waals surface area contributed by atoms with Gasteiger partial charge in [0.15, 0.2) is 9.84 Å². The molecule has 3 rings (SSSR count). The Balaban J connectivity index is 0.00000103. The molecule has 266 valence electrons. The van der Waals surface area contributed by atoms with Crippen LogP contribution in [0.3, 0.4) is 0 Å². The van der Waals surface area contributed by atoms with E-state index in [2.05, 4.69) is 15.4 Å². The SMILES string of the molecule is CSc1ccc(S(=O)(=O)C[C@@H]2CC[C@@H](N)C[C@@H]2NC(=O)CNC(=O)c2cc(OC(F)(F)F)ccc2NC(=O)O)cc1.O=C(O)C(F)(F)F. The van der Waals surface area contributed by atoms with Gasteiger partial charge < -0.3 is 31.3 Å². The van der Waals surface area contributed by atoms with Crippen molar-refractivity contribution >= 4 is 51.2 Å². The molecule has 1 fully saturated rings. The zero-order chi connectivity index (χ0) is 36.4. The highest BCUT2D eigenvalue weighted by Gasteiger charge is 2.38. The number of sulfone groups is 1. The Morgan fingerprint density at radius 1 is 1.00 bits per heavy atom. The smallest absolute Gasteiger partial charge is 0.475 e. The number of aliphatic carboxylic acids is 1. The first kappa shape index (κ1) is 39.9. The summed E-state index contributed by atoms with van der Waals surface area (Å²) in [6.45, 7) is -0.628. The number of benzene rings is 2. The van der Waals surface area contributed by atoms with Crippen molar-refractivity contribution in [2.75, 3.05) is 23.9 Å². The van der Waals surface area contributed by atoms with Crippen molar-refractivity contribution in [3.05, 3.63) is 48.0 Å². The van der Waals surface area contributed by atoms with Gasteiger partial charge in [0.05, 0.1) is 28.4 Å². The standard InChI is InChI=1S/C25H29F3N4O7S2.C2HF3O2/c1-40-17-5-7-18(8-6-17)41(37,38)13-14-2-3-15(29)10-21(14)31-22(33)12-30-23(34)19-11-16(39-25(26,27)28)4-9-20(19)32-24(35)36;3-2(4,5)1(6)7/h4-9,11,14-15,21,32H,2-3,10,12-13,29H2,1H3,(H,30,34)(H,31,33)(H,35,36);(H,6,7)/t14-,15+,21-;/m0./s1. The predicted octanol–water partition coefficient (Wildman–Crippen LogP) is 3.85. The summed E-state index contributed by atoms with van der Waals surface area (Å²) in [5, 5.41) is 22.9. The molecule has 0 aliphatic heterocycles. The first-order valence-corrected chi connectivity index (χ1v) is 16.4. The van der Waals surface area contributed by atoms with Crippen LogP contribution in [0, 0.1) is 5.92 Å². The Bertz CT molecular complexity index is 1570. The molecule has 0 radical (unpaired) electrons. The number of thioether (sulfide) groups is 1. The molecule has 3 atom stereocenters. The fraction of sp³-hybridized carbons (Fsp3) is 0.407. The molecule has 0 aromatic heterocycles. The molecule has 7 N–H and O–H groups in total. The van der Waals surface area contributed by atoms with Gasteiger partial charge in [0.2, 0.25) is 5.91 Å². The minimum absolute atomic E-state index is 0.157. The van der Waals surface area contributed by atoms with Gasteiger partial charge in [-0.05, 0) is 73.9 Å². The molecule has 21 heteroatoms. The number of carbonyl (C=O) groups excluding carboxylic acids is 2. The van der Waals surface area contributed by atoms with E-state index in [1.54, 1.807) is 12.1 Å². The van der Waals surface area contributed by atoms with Crippen LogP contribution in [0.5, 0.6) is 5.75 Å². The molecule has 0 unspecified atom stereocenters. The summed E-state index contributed by atoms with van der Waals surface area (Å²) >= 11 is 1.48. The molecular formula is C27H30F6N4O9S2. The number of nitrogens with one attached hydrogen (secondary N) is 3. The lowest BCUT2D eigenvalue weighted by Gasteiger charge is -2.35. The van der Waals surface area contributed by atoms with E-state index in [-0.39, 0.29) is 22.4 Å². The topological polar surface area (TPSA) is 214 Å². The minimum Gasteiger partial charge on any atom is -0.475 e. The van der Waals surface area contributed by atoms with Crippen molar-refractivity contribution < 1.29 is 68.9 Å². The number of alkyl halides is 6. The summed E-state index contributed by atoms with van der Waals surface area (Å²) in [6.07, 6.45) is -8.54. The summed E-state index contributed by atoms with van der Waals surface area (Å²) in [4.78, 5) is 46.4. The second-order valence-electron chi connectivity index (χ2n) is 10.1. The lowest BCUT2D eigenvalue weighted by molar-refractivity contribution is -0.274. The van der Waals surface area contributed by atoms with Crippen molar-refractivity contribution in [2.24, 2.45) is 11.7 Å². The van der Waals surface area contributed by atoms with Crippen molar-refractivity contribution in [3.63, 3.8) is 0 Å². The quantitative estimate of drug-likeness (QED) is 0.152. The summed E-state index contributed by atoms with van der Waals surface area (Å²) in [5.41, 5.74) is 5.21. The molecule has 2 aromatic carbocycles. The van der Waals surface area contributed by atoms with E-state index in [0.717, 1.165) is 17.0 Å². The molecule has 0 saturated heterocycles. The number of amides is 3. The largest absolute Gasteiger partial charge is 0.573 e. The van der Waals surface area contributed by atoms with Crippen LogP contribution in [-0.4, -0.2) is 85.7 Å². The zero-order valence-corrected chi connectivity index (χ0v) is 26.4. The third-order valence-electron chi connectivity index (χ3n) is 6.60. The average Bonchev–Trinajstić information content (AvgIpc) is 2.97. The van der Waals surface area contributed by atoms with Crippen molar-refractivity contribution in [1.82, 2.24) is 10.6 Å². The number of rotatable bonds is 10. The molecular weight excluding hydrogens is 702 g/mol. The molecule has 0 spiro atoms. The maximum Gasteiger partial charge on any atom is 0.573 e. The van der Waals surface area contributed by atoms with Crippen LogP contribution in [0.2, 0.25) is 0 Å². The van der Waals surface area contributed by atoms with E-state index in [0.29, 0.717) is 25.3 Å². The van der Waals surface area contributed by atoms with E-state index in [1.165, 1.54) is 23.9 Å². The number of anilines is 1. The summed E-state index contributed by atoms with van der Waals surface area (Å²) < 4.78 is 99.5. The zero-order valence-electron chi connectivity index (χ0n) is 24.7. The van der Waals surface area contributed by atoms with Crippen LogP contribution >= 0.6 is 11.8 Å². The lowest BCUT2D eigenvalue weighted by atomic mass is 9.83. The van der Waals surface area contributed by atoms with Crippen LogP contribution in [0.4, 0.5) is 36.8 Å². The predicted molar refractivity (Wildman–Crippen MR) is 158 cm³/mol. The van der Waals surface area contributed by atoms with E-state index in [9.17, 15) is 49.1 Å². The molecule has 13 nitrogen and oxygen atoms in total. The van der Waals surface area contributed by atoms with E-state index < -0.39 is 76.1 Å². The highest BCUT2D eigenvalue weighted by Crippen LogP contribution is 2.29. The van der Waals surface area contributed by atoms with Crippen LogP contribution < -0.4 is 26.4 Å². The van der Waals surface area contributed by atoms with Crippen molar-refractivity contribution in [2.45, 2.75) is 53.7 Å². The fourth-order valence-corrected chi connectivity index (χ4v) is 6.56. The van der Waals surface area contributed by atoms with Crippen molar-refractivity contribution in [1.29, 1.82) is 0 Å². The lowest BCUT2D eigenvalue weighted by Crippen LogP contribution is -2.51. The highest BCUT2D eigenvalue weighted by molar-refractivity contribution is 7.98. The number of carboxylic acids is 1. The molecule has 3 amide bonds. The highest BCUT2D eigenvalue weighted by atomic mass is 32.2. The minimum atomic E-state index is -5.08. The van der Waals surface area contributed by atoms with Gasteiger partial charge in [0.1, 0.15) is 5.75 Å². The van der Waals surface area contributed by atoms with Gasteiger partial charge in [-0.2, -0.15) is 13.2 Å². The molecule has 0 bridgehead atoms. The van der Waals surface area contributed by atoms with Gasteiger partial charge in [-0.3, -0.25) is 14.9 Å². The van der Waals surface area contributed by atoms with Crippen LogP contribution in [-0.2, 0) is 19.4 Å². The molecule has 1 aliphatic rings. The molecule has 48 heavy (non-hydrogen) atoms. The molecule has 1 aliphatic carbocycles. The third-order valence-corrected chi connectivity index (χ3v) is 9.20. The van der Waals surface area contributed by atoms with Gasteiger partial charge >= 0.3 is 24.6 Å². The Morgan fingerprint density at radius 3 is 2.12 bits per heavy atom. The second-order valence-corrected chi connectivity index (χ2v) is 13.0. The summed E-state index contributed by atoms with van der Waals surface area (Å²) in [5.74, 6) is -5.96. The first-order chi connectivity index (χ1) is 22.1. The monoisotopic (exact) mass is 732 g/mol. The van der Waals surface area contributed by atoms with Gasteiger partial charge in [0, 0.05) is 17.0 Å². The average molecular weight is 733 g/mol. The maximum absolute atomic E-state index is 13.1. The number of nitrogens with two attached hydrogens (primary N) is 1. The Hall–Kier alpha value is -4.24. The van der Waals surface area contributed by atoms with Crippen LogP contribution in [0.1, 0.15) is 29.6 Å².